The molecule has 0 aliphatic carbocycles. The van der Waals surface area contributed by atoms with Gasteiger partial charge in [-0.2, -0.15) is 16.7 Å². The third-order valence-corrected chi connectivity index (χ3v) is 4.01. The smallest absolute Gasteiger partial charge is 0.280 e. The fraction of sp³-hybridized carbons (Fsp3) is 0.500. The van der Waals surface area contributed by atoms with E-state index in [-0.39, 0.29) is 36.0 Å². The number of nitrogens with two attached hydrogens (primary N) is 1. The van der Waals surface area contributed by atoms with Crippen molar-refractivity contribution in [1.82, 2.24) is 19.5 Å². The molecule has 4 N–H and O–H groups in total. The van der Waals surface area contributed by atoms with Gasteiger partial charge in [-0.15, -0.1) is 0 Å². The van der Waals surface area contributed by atoms with Crippen LogP contribution in [-0.2, 0) is 4.74 Å². The van der Waals surface area contributed by atoms with Crippen molar-refractivity contribution in [3.05, 3.63) is 16.7 Å². The van der Waals surface area contributed by atoms with Gasteiger partial charge < -0.3 is 15.6 Å². The number of rotatable bonds is 2. The summed E-state index contributed by atoms with van der Waals surface area (Å²) in [5.74, 6) is 1.49. The molecule has 102 valence electrons. The van der Waals surface area contributed by atoms with E-state index in [2.05, 4.69) is 15.0 Å². The minimum atomic E-state index is -0.372. The zero-order valence-electron chi connectivity index (χ0n) is 9.94. The minimum Gasteiger partial charge on any atom is -0.394 e. The van der Waals surface area contributed by atoms with Gasteiger partial charge >= 0.3 is 0 Å². The van der Waals surface area contributed by atoms with Gasteiger partial charge in [-0.3, -0.25) is 14.3 Å². The van der Waals surface area contributed by atoms with Crippen molar-refractivity contribution in [3.63, 3.8) is 0 Å². The topological polar surface area (TPSA) is 119 Å². The molecule has 3 heterocycles. The van der Waals surface area contributed by atoms with E-state index in [0.717, 1.165) is 5.75 Å². The Morgan fingerprint density at radius 2 is 2.47 bits per heavy atom. The highest BCUT2D eigenvalue weighted by Crippen LogP contribution is 2.27. The Labute approximate surface area is 112 Å². The molecule has 0 aromatic carbocycles. The van der Waals surface area contributed by atoms with E-state index < -0.39 is 0 Å². The van der Waals surface area contributed by atoms with E-state index in [1.165, 1.54) is 6.33 Å². The molecule has 1 aliphatic rings. The molecule has 19 heavy (non-hydrogen) atoms. The number of nitrogens with one attached hydrogen (secondary N) is 1. The maximum Gasteiger partial charge on any atom is 0.280 e. The summed E-state index contributed by atoms with van der Waals surface area (Å²) < 4.78 is 7.40. The first kappa shape index (κ1) is 12.5. The van der Waals surface area contributed by atoms with Gasteiger partial charge in [0, 0.05) is 11.5 Å². The van der Waals surface area contributed by atoms with E-state index in [0.29, 0.717) is 11.4 Å². The highest BCUT2D eigenvalue weighted by Gasteiger charge is 2.25. The van der Waals surface area contributed by atoms with Gasteiger partial charge in [0.1, 0.15) is 6.23 Å². The first-order valence-electron chi connectivity index (χ1n) is 5.75. The summed E-state index contributed by atoms with van der Waals surface area (Å²) in [5, 5.41) is 9.15. The molecular weight excluding hydrogens is 270 g/mol. The summed E-state index contributed by atoms with van der Waals surface area (Å²) in [6.07, 6.45) is 0.979. The molecule has 0 spiro atoms. The summed E-state index contributed by atoms with van der Waals surface area (Å²) in [6.45, 7) is -0.0354. The van der Waals surface area contributed by atoms with Crippen LogP contribution in [0.4, 0.5) is 5.95 Å². The predicted octanol–water partition coefficient (Wildman–Crippen LogP) is -0.675. The number of hydrogen-bond donors (Lipinski definition) is 3. The van der Waals surface area contributed by atoms with Crippen LogP contribution in [0.15, 0.2) is 11.1 Å². The van der Waals surface area contributed by atoms with Crippen molar-refractivity contribution in [3.8, 4) is 0 Å². The molecule has 1 fully saturated rings. The average Bonchev–Trinajstić information content (AvgIpc) is 2.82. The Morgan fingerprint density at radius 3 is 3.26 bits per heavy atom. The van der Waals surface area contributed by atoms with Crippen molar-refractivity contribution >= 4 is 28.9 Å². The largest absolute Gasteiger partial charge is 0.394 e. The van der Waals surface area contributed by atoms with Gasteiger partial charge in [-0.05, 0) is 0 Å². The number of anilines is 1. The van der Waals surface area contributed by atoms with E-state index in [9.17, 15) is 4.79 Å². The van der Waals surface area contributed by atoms with E-state index in [1.54, 1.807) is 16.3 Å². The number of nitrogens with zero attached hydrogens (tertiary/aromatic N) is 3. The molecule has 3 rings (SSSR count). The van der Waals surface area contributed by atoms with Crippen molar-refractivity contribution in [1.29, 1.82) is 0 Å². The molecule has 1 saturated heterocycles. The zero-order chi connectivity index (χ0) is 13.4. The first-order chi connectivity index (χ1) is 9.19. The van der Waals surface area contributed by atoms with Gasteiger partial charge in [0.2, 0.25) is 5.95 Å². The molecule has 0 radical (unpaired) electrons. The predicted molar refractivity (Wildman–Crippen MR) is 70.9 cm³/mol. The highest BCUT2D eigenvalue weighted by atomic mass is 32.2. The third kappa shape index (κ3) is 2.20. The lowest BCUT2D eigenvalue weighted by molar-refractivity contribution is -0.0548. The Balaban J connectivity index is 2.03. The van der Waals surface area contributed by atoms with Crippen LogP contribution in [0.25, 0.3) is 11.2 Å². The molecule has 2 atom stereocenters. The summed E-state index contributed by atoms with van der Waals surface area (Å²) in [7, 11) is 0. The van der Waals surface area contributed by atoms with Crippen molar-refractivity contribution in [2.45, 2.75) is 12.3 Å². The maximum absolute atomic E-state index is 11.7. The molecule has 9 heteroatoms. The number of fused-ring (bicyclic) bond motifs is 1. The lowest BCUT2D eigenvalue weighted by Gasteiger charge is -2.29. The van der Waals surface area contributed by atoms with E-state index in [4.69, 9.17) is 15.6 Å². The number of aromatic nitrogens is 4. The monoisotopic (exact) mass is 283 g/mol. The minimum absolute atomic E-state index is 0.0354. The van der Waals surface area contributed by atoms with Crippen LogP contribution >= 0.6 is 11.8 Å². The number of H-pyrrole nitrogens is 1. The third-order valence-electron chi connectivity index (χ3n) is 2.88. The number of imidazole rings is 1. The first-order valence-corrected chi connectivity index (χ1v) is 6.91. The normalized spacial score (nSPS) is 23.8. The Morgan fingerprint density at radius 1 is 1.63 bits per heavy atom. The summed E-state index contributed by atoms with van der Waals surface area (Å²) in [4.78, 5) is 22.2. The van der Waals surface area contributed by atoms with Crippen LogP contribution in [0.5, 0.6) is 0 Å². The highest BCUT2D eigenvalue weighted by molar-refractivity contribution is 7.99. The molecule has 8 nitrogen and oxygen atoms in total. The fourth-order valence-electron chi connectivity index (χ4n) is 2.00. The Hall–Kier alpha value is -1.58. The van der Waals surface area contributed by atoms with Gasteiger partial charge in [0.25, 0.3) is 5.56 Å². The van der Waals surface area contributed by atoms with Gasteiger partial charge in [0.05, 0.1) is 19.0 Å². The number of thioether (sulfide) groups is 1. The molecular formula is C10H13N5O3S. The molecule has 2 aromatic rings. The van der Waals surface area contributed by atoms with Crippen LogP contribution in [0.3, 0.4) is 0 Å². The lowest BCUT2D eigenvalue weighted by atomic mass is 10.4. The molecule has 2 aromatic heterocycles. The van der Waals surface area contributed by atoms with Crippen molar-refractivity contribution in [2.24, 2.45) is 0 Å². The average molecular weight is 283 g/mol. The number of aromatic amines is 1. The lowest BCUT2D eigenvalue weighted by Crippen LogP contribution is -2.32. The number of aliphatic hydroxyl groups excluding tert-OH is 1. The van der Waals surface area contributed by atoms with Gasteiger partial charge in [-0.1, -0.05) is 0 Å². The van der Waals surface area contributed by atoms with Crippen LogP contribution in [0.1, 0.15) is 6.23 Å². The summed E-state index contributed by atoms with van der Waals surface area (Å²) >= 11 is 1.67. The molecule has 0 saturated carbocycles. The zero-order valence-corrected chi connectivity index (χ0v) is 10.8. The standard InChI is InChI=1S/C10H13N5O3S/c11-10-13-8-7(9(17)14-10)12-4-15(8)6-3-19-2-5(1-16)18-6/h4-6,16H,1-3H2,(H3,11,13,14,17). The van der Waals surface area contributed by atoms with Crippen LogP contribution in [0, 0.1) is 0 Å². The van der Waals surface area contributed by atoms with E-state index in [1.807, 2.05) is 0 Å². The second-order valence-electron chi connectivity index (χ2n) is 4.21. The SMILES string of the molecule is Nc1nc2c(ncn2C2CSCC(CO)O2)c(=O)[nH]1. The number of hydrogen-bond acceptors (Lipinski definition) is 7. The van der Waals surface area contributed by atoms with Crippen LogP contribution in [0.2, 0.25) is 0 Å². The molecule has 1 aliphatic heterocycles. The van der Waals surface area contributed by atoms with Gasteiger partial charge in [-0.25, -0.2) is 4.98 Å². The maximum atomic E-state index is 11.7. The second kappa shape index (κ2) is 4.83. The van der Waals surface area contributed by atoms with Crippen LogP contribution < -0.4 is 11.3 Å². The van der Waals surface area contributed by atoms with Crippen molar-refractivity contribution in [2.75, 3.05) is 23.8 Å². The number of nitrogen functional groups attached to an aromatic ring is 1. The van der Waals surface area contributed by atoms with Gasteiger partial charge in [0.15, 0.2) is 11.2 Å². The van der Waals surface area contributed by atoms with Crippen molar-refractivity contribution < 1.29 is 9.84 Å². The summed E-state index contributed by atoms with van der Waals surface area (Å²) in [5.41, 5.74) is 5.79. The fourth-order valence-corrected chi connectivity index (χ4v) is 3.02. The Kier molecular flexibility index (Phi) is 3.17. The number of ether oxygens (including phenoxy) is 1. The summed E-state index contributed by atoms with van der Waals surface area (Å²) in [6, 6.07) is 0. The van der Waals surface area contributed by atoms with Crippen LogP contribution in [-0.4, -0.2) is 48.8 Å². The van der Waals surface area contributed by atoms with E-state index >= 15 is 0 Å². The molecule has 2 unspecified atom stereocenters. The second-order valence-corrected chi connectivity index (χ2v) is 5.28. The molecule has 0 bridgehead atoms. The number of aliphatic hydroxyl groups is 1. The molecule has 0 amide bonds. The quantitative estimate of drug-likeness (QED) is 0.668. The Bertz CT molecular complexity index is 654.